The second-order valence-corrected chi connectivity index (χ2v) is 37.5. The number of imidazole rings is 1. The molecule has 4 aromatic carbocycles. The number of rotatable bonds is 61. The van der Waals surface area contributed by atoms with Gasteiger partial charge in [0, 0.05) is 79.6 Å². The molecular formula is C109H142N12O28. The molecule has 12 rings (SSSR count). The standard InChI is InChI=1S/C28H37N3O7.3C27H35N3O7/c1-28(2,3)26(32)23-17-21-18-25(29-19-24(21)30-23)31-27(33)20-5-7-22(8-6-20)38-16-15-37-14-13-36-12-11-35-10-9-34-4;1-27(2,3)25(32)23-19-30-18-21(6-9-24(30)29-23)28-26(33)20-4-7-22(8-5-20)37-17-16-36-15-14-35-13-12-34-11-10-31;1-27(2,3)24(32)23-17-20-16-21(18-28-25(20)30-23)29-26(33)19-4-6-22(7-5-19)37-15-14-36-13-12-35-11-10-34-9-8-31;1-27(2,3)25(32)22-16-20-17-24(28-18-23(20)29-22)30-26(33)19-4-6-21(7-5-19)37-15-14-36-13-12-35-11-10-34-9-8-31/h5-8,17-19,30H,9-16H2,1-4H3,(H,29,31,33);4-9,18-19,31H,10-17H2,1-3H3,(H,28,33);4-7,16-18,31H,8-15H2,1-3H3,(H,28,30)(H,29,33);4-7,16-18,29,31H,8-15H2,1-3H3,(H,28,30,33). The van der Waals surface area contributed by atoms with E-state index in [9.17, 15) is 38.4 Å². The smallest absolute Gasteiger partial charge is 0.256 e. The third-order valence-electron chi connectivity index (χ3n) is 21.2. The van der Waals surface area contributed by atoms with E-state index in [0.29, 0.717) is 294 Å². The number of H-pyrrole nitrogens is 3. The van der Waals surface area contributed by atoms with Gasteiger partial charge in [-0.05, 0) is 146 Å². The first kappa shape index (κ1) is 119. The number of nitrogens with one attached hydrogen (secondary N) is 7. The van der Waals surface area contributed by atoms with Gasteiger partial charge in [0.15, 0.2) is 23.1 Å². The average molecular weight is 2070 g/mol. The van der Waals surface area contributed by atoms with E-state index >= 15 is 0 Å². The number of fused-ring (bicyclic) bond motifs is 4. The molecule has 0 bridgehead atoms. The minimum absolute atomic E-state index is 0.00392. The molecule has 0 fully saturated rings. The number of methoxy groups -OCH3 is 1. The molecule has 0 aliphatic heterocycles. The summed E-state index contributed by atoms with van der Waals surface area (Å²) in [5, 5.41) is 39.4. The summed E-state index contributed by atoms with van der Waals surface area (Å²) in [7, 11) is 1.63. The Kier molecular flexibility index (Phi) is 50.4. The van der Waals surface area contributed by atoms with E-state index in [2.05, 4.69) is 56.2 Å². The Hall–Kier alpha value is -13.2. The number of anilines is 4. The summed E-state index contributed by atoms with van der Waals surface area (Å²) in [6, 6.07) is 41.3. The summed E-state index contributed by atoms with van der Waals surface area (Å²) in [5.74, 6) is 2.16. The van der Waals surface area contributed by atoms with Gasteiger partial charge in [-0.15, -0.1) is 0 Å². The maximum Gasteiger partial charge on any atom is 0.256 e. The SMILES string of the molecule is CC(C)(C)C(=O)c1cc2cc(NC(=O)c3ccc(OCCOCCOCCOCCO)cc3)cnc2[nH]1.CC(C)(C)C(=O)c1cc2cc(NC(=O)c3ccc(OCCOCCOCCOCCO)cc3)ncc2[nH]1.CC(C)(C)C(=O)c1cn2cc(NC(=O)c3ccc(OCCOCCOCCOCCO)cc3)ccc2n1.COCCOCCOCCOCCOc1ccc(C(=O)Nc2cc3cc(C(=O)C(C)(C)C)[nH]c3cn2)cc1. The monoisotopic (exact) mass is 2070 g/mol. The lowest BCUT2D eigenvalue weighted by atomic mass is 9.89. The van der Waals surface area contributed by atoms with E-state index in [0.717, 1.165) is 27.2 Å². The molecule has 149 heavy (non-hydrogen) atoms. The van der Waals surface area contributed by atoms with E-state index in [1.54, 1.807) is 188 Å². The predicted octanol–water partition coefficient (Wildman–Crippen LogP) is 14.3. The van der Waals surface area contributed by atoms with Gasteiger partial charge < -0.3 is 136 Å². The van der Waals surface area contributed by atoms with Crippen molar-refractivity contribution in [2.24, 2.45) is 21.7 Å². The molecule has 40 nitrogen and oxygen atoms in total. The molecule has 4 amide bonds. The maximum absolute atomic E-state index is 12.7. The molecule has 10 N–H and O–H groups in total. The van der Waals surface area contributed by atoms with Gasteiger partial charge in [0.1, 0.15) is 78.0 Å². The topological polar surface area (TPSA) is 506 Å². The number of ether oxygens (including phenoxy) is 17. The molecular weight excluding hydrogens is 1930 g/mol. The van der Waals surface area contributed by atoms with Crippen molar-refractivity contribution in [3.8, 4) is 23.0 Å². The van der Waals surface area contributed by atoms with Crippen molar-refractivity contribution in [2.75, 3.05) is 240 Å². The minimum Gasteiger partial charge on any atom is -0.491 e. The van der Waals surface area contributed by atoms with Crippen molar-refractivity contribution in [1.29, 1.82) is 0 Å². The van der Waals surface area contributed by atoms with Crippen LogP contribution >= 0.6 is 0 Å². The lowest BCUT2D eigenvalue weighted by Crippen LogP contribution is -2.20. The Balaban J connectivity index is 0.000000221. The first-order valence-electron chi connectivity index (χ1n) is 49.2. The van der Waals surface area contributed by atoms with Crippen LogP contribution in [0.25, 0.3) is 38.5 Å². The second-order valence-electron chi connectivity index (χ2n) is 37.5. The van der Waals surface area contributed by atoms with E-state index in [1.807, 2.05) is 83.1 Å². The molecule has 0 aliphatic carbocycles. The van der Waals surface area contributed by atoms with Crippen LogP contribution in [0.5, 0.6) is 23.0 Å². The van der Waals surface area contributed by atoms with Crippen LogP contribution in [0.1, 0.15) is 166 Å². The van der Waals surface area contributed by atoms with Crippen molar-refractivity contribution in [3.63, 3.8) is 0 Å². The number of benzene rings is 4. The van der Waals surface area contributed by atoms with Crippen molar-refractivity contribution in [3.05, 3.63) is 222 Å². The number of hydrogen-bond acceptors (Lipinski definition) is 32. The molecule has 8 heterocycles. The number of nitrogens with zero attached hydrogens (tertiary/aromatic N) is 5. The number of carbonyl (C=O) groups excluding carboxylic acids is 8. The number of aromatic nitrogens is 8. The van der Waals surface area contributed by atoms with Gasteiger partial charge in [0.05, 0.1) is 243 Å². The van der Waals surface area contributed by atoms with Crippen LogP contribution in [0.4, 0.5) is 23.0 Å². The number of aromatic amines is 3. The van der Waals surface area contributed by atoms with Crippen LogP contribution < -0.4 is 40.2 Å². The van der Waals surface area contributed by atoms with E-state index in [4.69, 9.17) is 95.8 Å². The summed E-state index contributed by atoms with van der Waals surface area (Å²) in [6.07, 6.45) is 8.16. The second kappa shape index (κ2) is 62.9. The Morgan fingerprint density at radius 2 is 0.584 bits per heavy atom. The van der Waals surface area contributed by atoms with Crippen molar-refractivity contribution in [2.45, 2.75) is 83.1 Å². The minimum atomic E-state index is -0.524. The van der Waals surface area contributed by atoms with Gasteiger partial charge >= 0.3 is 0 Å². The molecule has 0 saturated carbocycles. The van der Waals surface area contributed by atoms with Gasteiger partial charge in [-0.25, -0.2) is 19.9 Å². The summed E-state index contributed by atoms with van der Waals surface area (Å²) >= 11 is 0. The fourth-order valence-corrected chi connectivity index (χ4v) is 13.4. The molecule has 8 aromatic heterocycles. The number of ketones is 4. The lowest BCUT2D eigenvalue weighted by Gasteiger charge is -2.14. The number of aliphatic hydroxyl groups is 3. The van der Waals surface area contributed by atoms with Crippen LogP contribution in [-0.2, 0) is 61.6 Å². The highest BCUT2D eigenvalue weighted by Gasteiger charge is 2.30. The fraction of sp³-hybridized carbons (Fsp3) is 0.450. The van der Waals surface area contributed by atoms with Crippen LogP contribution in [0.2, 0.25) is 0 Å². The molecule has 806 valence electrons. The first-order chi connectivity index (χ1) is 71.6. The highest BCUT2D eigenvalue weighted by Crippen LogP contribution is 2.31. The van der Waals surface area contributed by atoms with Gasteiger partial charge in [0.2, 0.25) is 0 Å². The van der Waals surface area contributed by atoms with Gasteiger partial charge in [-0.1, -0.05) is 83.1 Å². The quantitative estimate of drug-likeness (QED) is 0.0125. The van der Waals surface area contributed by atoms with E-state index in [-0.39, 0.29) is 66.6 Å². The van der Waals surface area contributed by atoms with E-state index in [1.165, 1.54) is 0 Å². The summed E-state index contributed by atoms with van der Waals surface area (Å²) in [6.45, 7) is 35.0. The van der Waals surface area contributed by atoms with Gasteiger partial charge in [0.25, 0.3) is 23.6 Å². The Morgan fingerprint density at radius 1 is 0.295 bits per heavy atom. The summed E-state index contributed by atoms with van der Waals surface area (Å²) in [5.41, 5.74) is 5.59. The molecule has 0 spiro atoms. The number of carbonyl (C=O) groups is 8. The zero-order valence-corrected chi connectivity index (χ0v) is 87.2. The van der Waals surface area contributed by atoms with Crippen LogP contribution in [0.15, 0.2) is 177 Å². The van der Waals surface area contributed by atoms with Crippen molar-refractivity contribution >= 4 is 108 Å². The average Bonchev–Trinajstić information content (AvgIpc) is 1.67. The van der Waals surface area contributed by atoms with E-state index < -0.39 is 21.7 Å². The molecule has 40 heteroatoms. The van der Waals surface area contributed by atoms with Crippen molar-refractivity contribution < 1.29 is 134 Å². The number of amides is 4. The highest BCUT2D eigenvalue weighted by molar-refractivity contribution is 6.09. The number of Topliss-reactive ketones (excluding diaryl/α,β-unsaturated/α-hetero) is 4. The molecule has 0 atom stereocenters. The fourth-order valence-electron chi connectivity index (χ4n) is 13.4. The van der Waals surface area contributed by atoms with Crippen molar-refractivity contribution in [1.82, 2.24) is 39.3 Å². The van der Waals surface area contributed by atoms with Gasteiger partial charge in [-0.3, -0.25) is 38.4 Å². The Morgan fingerprint density at radius 3 is 0.899 bits per heavy atom. The largest absolute Gasteiger partial charge is 0.491 e. The number of pyridine rings is 4. The summed E-state index contributed by atoms with van der Waals surface area (Å²) < 4.78 is 93.0. The van der Waals surface area contributed by atoms with Crippen LogP contribution in [-0.4, -0.2) is 320 Å². The Bertz CT molecular complexity index is 5660. The lowest BCUT2D eigenvalue weighted by molar-refractivity contribution is 0.000164. The Labute approximate surface area is 866 Å². The zero-order valence-electron chi connectivity index (χ0n) is 87.2. The third-order valence-corrected chi connectivity index (χ3v) is 21.2. The first-order valence-corrected chi connectivity index (χ1v) is 49.2. The summed E-state index contributed by atoms with van der Waals surface area (Å²) in [4.78, 5) is 127. The van der Waals surface area contributed by atoms with Crippen LogP contribution in [0, 0.1) is 21.7 Å². The predicted molar refractivity (Wildman–Crippen MR) is 561 cm³/mol. The molecule has 0 unspecified atom stereocenters. The molecule has 0 aliphatic rings. The number of hydrogen-bond donors (Lipinski definition) is 10. The number of aliphatic hydroxyl groups excluding tert-OH is 3. The maximum atomic E-state index is 12.7. The normalized spacial score (nSPS) is 11.6. The zero-order chi connectivity index (χ0) is 107. The van der Waals surface area contributed by atoms with Crippen LogP contribution in [0.3, 0.4) is 0 Å². The van der Waals surface area contributed by atoms with Gasteiger partial charge in [-0.2, -0.15) is 0 Å². The molecule has 0 radical (unpaired) electrons. The third kappa shape index (κ3) is 42.7. The molecule has 12 aromatic rings. The molecule has 0 saturated heterocycles. The highest BCUT2D eigenvalue weighted by atomic mass is 16.6.